The third kappa shape index (κ3) is 4.93. The quantitative estimate of drug-likeness (QED) is 0.681. The van der Waals surface area contributed by atoms with Crippen molar-refractivity contribution in [3.05, 3.63) is 0 Å². The highest BCUT2D eigenvalue weighted by atomic mass is 16.2. The number of rotatable bonds is 8. The van der Waals surface area contributed by atoms with Gasteiger partial charge in [0.15, 0.2) is 5.78 Å². The van der Waals surface area contributed by atoms with Crippen molar-refractivity contribution in [2.45, 2.75) is 47.0 Å². The van der Waals surface area contributed by atoms with Crippen molar-refractivity contribution in [1.29, 1.82) is 0 Å². The van der Waals surface area contributed by atoms with E-state index in [1.54, 1.807) is 13.8 Å². The second kappa shape index (κ2) is 8.06. The fraction of sp³-hybridized carbons (Fsp3) is 0.750. The third-order valence-electron chi connectivity index (χ3n) is 3.97. The Balaban J connectivity index is 2.32. The normalized spacial score (nSPS) is 18.5. The van der Waals surface area contributed by atoms with E-state index in [0.717, 1.165) is 0 Å². The standard InChI is InChI=1S/C16H26N2O4/c1-10(2)12-8-15(21)18(16(12)22)7-5-6-14(20)17-9-13(19)11(3)4/h10-12H,5-9H2,1-4H3,(H,17,20). The smallest absolute Gasteiger partial charge is 0.233 e. The van der Waals surface area contributed by atoms with Gasteiger partial charge < -0.3 is 5.32 Å². The minimum Gasteiger partial charge on any atom is -0.349 e. The van der Waals surface area contributed by atoms with Gasteiger partial charge in [-0.2, -0.15) is 0 Å². The Morgan fingerprint density at radius 2 is 1.86 bits per heavy atom. The number of carbonyl (C=O) groups excluding carboxylic acids is 4. The van der Waals surface area contributed by atoms with E-state index in [4.69, 9.17) is 0 Å². The van der Waals surface area contributed by atoms with Gasteiger partial charge in [-0.3, -0.25) is 24.1 Å². The Bertz CT molecular complexity index is 457. The minimum absolute atomic E-state index is 0.0157. The van der Waals surface area contributed by atoms with E-state index in [1.807, 2.05) is 13.8 Å². The zero-order valence-corrected chi connectivity index (χ0v) is 13.8. The van der Waals surface area contributed by atoms with Crippen LogP contribution in [0.4, 0.5) is 0 Å². The molecule has 1 N–H and O–H groups in total. The van der Waals surface area contributed by atoms with Gasteiger partial charge in [-0.25, -0.2) is 0 Å². The number of ketones is 1. The maximum Gasteiger partial charge on any atom is 0.233 e. The highest BCUT2D eigenvalue weighted by molar-refractivity contribution is 6.03. The summed E-state index contributed by atoms with van der Waals surface area (Å²) in [5, 5.41) is 2.56. The van der Waals surface area contributed by atoms with Gasteiger partial charge in [0.2, 0.25) is 17.7 Å². The molecule has 1 atom stereocenters. The predicted octanol–water partition coefficient (Wildman–Crippen LogP) is 1.14. The van der Waals surface area contributed by atoms with Gasteiger partial charge in [-0.15, -0.1) is 0 Å². The first-order valence-corrected chi connectivity index (χ1v) is 7.87. The molecule has 1 aliphatic heterocycles. The second-order valence-corrected chi connectivity index (χ2v) is 6.44. The predicted molar refractivity (Wildman–Crippen MR) is 81.8 cm³/mol. The molecule has 1 heterocycles. The number of likely N-dealkylation sites (tertiary alicyclic amines) is 1. The lowest BCUT2D eigenvalue weighted by molar-refractivity contribution is -0.140. The lowest BCUT2D eigenvalue weighted by Crippen LogP contribution is -2.34. The van der Waals surface area contributed by atoms with Crippen molar-refractivity contribution in [3.8, 4) is 0 Å². The molecule has 1 saturated heterocycles. The fourth-order valence-electron chi connectivity index (χ4n) is 2.34. The summed E-state index contributed by atoms with van der Waals surface area (Å²) in [6, 6.07) is 0. The average Bonchev–Trinajstić information content (AvgIpc) is 2.72. The number of nitrogens with zero attached hydrogens (tertiary/aromatic N) is 1. The zero-order chi connectivity index (χ0) is 16.9. The molecule has 0 aromatic heterocycles. The summed E-state index contributed by atoms with van der Waals surface area (Å²) in [6.45, 7) is 7.73. The maximum atomic E-state index is 12.1. The molecule has 0 aromatic rings. The van der Waals surface area contributed by atoms with Crippen LogP contribution in [0.3, 0.4) is 0 Å². The largest absolute Gasteiger partial charge is 0.349 e. The lowest BCUT2D eigenvalue weighted by atomic mass is 9.94. The van der Waals surface area contributed by atoms with Crippen molar-refractivity contribution in [1.82, 2.24) is 10.2 Å². The van der Waals surface area contributed by atoms with Crippen LogP contribution in [0.25, 0.3) is 0 Å². The van der Waals surface area contributed by atoms with Crippen molar-refractivity contribution in [2.75, 3.05) is 13.1 Å². The first-order valence-electron chi connectivity index (χ1n) is 7.87. The third-order valence-corrected chi connectivity index (χ3v) is 3.97. The van der Waals surface area contributed by atoms with Gasteiger partial charge in [0.1, 0.15) is 0 Å². The second-order valence-electron chi connectivity index (χ2n) is 6.44. The number of Topliss-reactive ketones (excluding diaryl/α,β-unsaturated/α-hetero) is 1. The molecule has 1 unspecified atom stereocenters. The van der Waals surface area contributed by atoms with Gasteiger partial charge in [-0.05, 0) is 12.3 Å². The number of carbonyl (C=O) groups is 4. The molecule has 0 aromatic carbocycles. The number of hydrogen-bond acceptors (Lipinski definition) is 4. The summed E-state index contributed by atoms with van der Waals surface area (Å²) in [5.74, 6) is -0.717. The topological polar surface area (TPSA) is 83.6 Å². The van der Waals surface area contributed by atoms with Crippen LogP contribution >= 0.6 is 0 Å². The molecule has 1 aliphatic rings. The molecule has 6 nitrogen and oxygen atoms in total. The van der Waals surface area contributed by atoms with Crippen LogP contribution in [-0.2, 0) is 19.2 Å². The average molecular weight is 310 g/mol. The Hall–Kier alpha value is -1.72. The molecule has 0 aliphatic carbocycles. The van der Waals surface area contributed by atoms with Crippen LogP contribution in [0.2, 0.25) is 0 Å². The van der Waals surface area contributed by atoms with E-state index in [2.05, 4.69) is 5.32 Å². The summed E-state index contributed by atoms with van der Waals surface area (Å²) in [6.07, 6.45) is 0.893. The van der Waals surface area contributed by atoms with Crippen molar-refractivity contribution >= 4 is 23.5 Å². The molecular weight excluding hydrogens is 284 g/mol. The van der Waals surface area contributed by atoms with Crippen LogP contribution in [0, 0.1) is 17.8 Å². The highest BCUT2D eigenvalue weighted by Crippen LogP contribution is 2.26. The molecule has 22 heavy (non-hydrogen) atoms. The molecule has 1 fully saturated rings. The Kier molecular flexibility index (Phi) is 6.71. The van der Waals surface area contributed by atoms with Crippen molar-refractivity contribution in [3.63, 3.8) is 0 Å². The molecule has 1 rings (SSSR count). The number of imide groups is 1. The van der Waals surface area contributed by atoms with Crippen molar-refractivity contribution < 1.29 is 19.2 Å². The Morgan fingerprint density at radius 3 is 2.36 bits per heavy atom. The minimum atomic E-state index is -0.231. The van der Waals surface area contributed by atoms with Crippen LogP contribution in [0.1, 0.15) is 47.0 Å². The Labute approximate surface area is 131 Å². The van der Waals surface area contributed by atoms with E-state index >= 15 is 0 Å². The molecule has 0 saturated carbocycles. The molecule has 3 amide bonds. The van der Waals surface area contributed by atoms with Gasteiger partial charge in [0.25, 0.3) is 0 Å². The summed E-state index contributed by atoms with van der Waals surface area (Å²) in [7, 11) is 0. The van der Waals surface area contributed by atoms with Crippen LogP contribution in [-0.4, -0.2) is 41.5 Å². The first-order chi connectivity index (χ1) is 10.2. The van der Waals surface area contributed by atoms with E-state index in [1.165, 1.54) is 4.90 Å². The number of hydrogen-bond donors (Lipinski definition) is 1. The van der Waals surface area contributed by atoms with E-state index in [-0.39, 0.29) is 67.2 Å². The van der Waals surface area contributed by atoms with Gasteiger partial charge in [0, 0.05) is 31.2 Å². The summed E-state index contributed by atoms with van der Waals surface area (Å²) in [5.41, 5.74) is 0. The highest BCUT2D eigenvalue weighted by Gasteiger charge is 2.39. The molecule has 0 radical (unpaired) electrons. The van der Waals surface area contributed by atoms with Gasteiger partial charge >= 0.3 is 0 Å². The molecule has 6 heteroatoms. The Morgan fingerprint density at radius 1 is 1.23 bits per heavy atom. The van der Waals surface area contributed by atoms with Gasteiger partial charge in [0.05, 0.1) is 6.54 Å². The summed E-state index contributed by atoms with van der Waals surface area (Å²) >= 11 is 0. The van der Waals surface area contributed by atoms with Crippen LogP contribution in [0.5, 0.6) is 0 Å². The summed E-state index contributed by atoms with van der Waals surface area (Å²) < 4.78 is 0. The lowest BCUT2D eigenvalue weighted by Gasteiger charge is -2.16. The SMILES string of the molecule is CC(C)C(=O)CNC(=O)CCCN1C(=O)CC(C(C)C)C1=O. The van der Waals surface area contributed by atoms with Gasteiger partial charge in [-0.1, -0.05) is 27.7 Å². The van der Waals surface area contributed by atoms with E-state index in [9.17, 15) is 19.2 Å². The fourth-order valence-corrected chi connectivity index (χ4v) is 2.34. The molecule has 0 spiro atoms. The first kappa shape index (κ1) is 18.3. The monoisotopic (exact) mass is 310 g/mol. The molecular formula is C16H26N2O4. The van der Waals surface area contributed by atoms with E-state index < -0.39 is 0 Å². The molecule has 0 bridgehead atoms. The maximum absolute atomic E-state index is 12.1. The van der Waals surface area contributed by atoms with Crippen LogP contribution in [0.15, 0.2) is 0 Å². The van der Waals surface area contributed by atoms with E-state index in [0.29, 0.717) is 6.42 Å². The van der Waals surface area contributed by atoms with Crippen molar-refractivity contribution in [2.24, 2.45) is 17.8 Å². The van der Waals surface area contributed by atoms with Crippen LogP contribution < -0.4 is 5.32 Å². The zero-order valence-electron chi connectivity index (χ0n) is 13.8. The molecule has 124 valence electrons. The summed E-state index contributed by atoms with van der Waals surface area (Å²) in [4.78, 5) is 48.2. The number of nitrogens with one attached hydrogen (secondary N) is 1. The number of amides is 3.